The fourth-order valence-corrected chi connectivity index (χ4v) is 1.21. The molecule has 0 saturated carbocycles. The first kappa shape index (κ1) is 9.42. The zero-order valence-electron chi connectivity index (χ0n) is 5.86. The van der Waals surface area contributed by atoms with Crippen molar-refractivity contribution in [3.05, 3.63) is 0 Å². The number of hydrogen-bond acceptors (Lipinski definition) is 3. The maximum Gasteiger partial charge on any atom is 0.321 e. The highest BCUT2D eigenvalue weighted by molar-refractivity contribution is 7.92. The van der Waals surface area contributed by atoms with Crippen LogP contribution in [0, 0.1) is 0 Å². The van der Waals surface area contributed by atoms with E-state index in [1.807, 2.05) is 0 Å². The minimum atomic E-state index is -3.40. The maximum absolute atomic E-state index is 10.8. The molecular formula is C5H10O4S. The fourth-order valence-electron chi connectivity index (χ4n) is 0.404. The minimum absolute atomic E-state index is 0.125. The molecule has 0 unspecified atom stereocenters. The van der Waals surface area contributed by atoms with Crippen LogP contribution in [0.4, 0.5) is 0 Å². The van der Waals surface area contributed by atoms with Gasteiger partial charge < -0.3 is 5.11 Å². The molecule has 0 heterocycles. The monoisotopic (exact) mass is 166 g/mol. The zero-order valence-corrected chi connectivity index (χ0v) is 6.68. The van der Waals surface area contributed by atoms with Crippen LogP contribution in [0.3, 0.4) is 0 Å². The summed E-state index contributed by atoms with van der Waals surface area (Å²) < 4.78 is 21.5. The number of carboxylic acids is 1. The lowest BCUT2D eigenvalue weighted by Crippen LogP contribution is -2.28. The normalized spacial score (nSPS) is 14.6. The summed E-state index contributed by atoms with van der Waals surface area (Å²) in [5, 5.41) is 6.99. The Morgan fingerprint density at radius 1 is 1.60 bits per heavy atom. The van der Waals surface area contributed by atoms with Crippen LogP contribution < -0.4 is 0 Å². The Morgan fingerprint density at radius 2 is 2.00 bits per heavy atom. The van der Waals surface area contributed by atoms with Crippen LogP contribution in [0.1, 0.15) is 13.8 Å². The molecule has 0 spiro atoms. The van der Waals surface area contributed by atoms with E-state index in [4.69, 9.17) is 5.11 Å². The second kappa shape index (κ2) is 3.01. The Balaban J connectivity index is 4.51. The van der Waals surface area contributed by atoms with Gasteiger partial charge in [-0.3, -0.25) is 4.79 Å². The Bertz CT molecular complexity index is 216. The van der Waals surface area contributed by atoms with Gasteiger partial charge in [-0.15, -0.1) is 0 Å². The molecular weight excluding hydrogens is 156 g/mol. The average molecular weight is 166 g/mol. The highest BCUT2D eigenvalue weighted by atomic mass is 32.2. The van der Waals surface area contributed by atoms with Crippen LogP contribution in [0.2, 0.25) is 0 Å². The van der Waals surface area contributed by atoms with Crippen LogP contribution in [0.15, 0.2) is 0 Å². The lowest BCUT2D eigenvalue weighted by molar-refractivity contribution is -0.136. The Hall–Kier alpha value is -0.580. The van der Waals surface area contributed by atoms with Gasteiger partial charge in [-0.05, 0) is 6.92 Å². The zero-order chi connectivity index (χ0) is 8.36. The van der Waals surface area contributed by atoms with Crippen molar-refractivity contribution in [1.29, 1.82) is 0 Å². The van der Waals surface area contributed by atoms with E-state index >= 15 is 0 Å². The average Bonchev–Trinajstić information content (AvgIpc) is 1.86. The standard InChI is InChI=1S/C5H10O4S/c1-3-10(8,9)4(2)5(6)7/h4H,3H2,1-2H3,(H,6,7)/t4-/m1/s1. The molecule has 1 atom stereocenters. The second-order valence-corrected chi connectivity index (χ2v) is 4.54. The lowest BCUT2D eigenvalue weighted by atomic mass is 10.5. The van der Waals surface area contributed by atoms with Crippen molar-refractivity contribution in [1.82, 2.24) is 0 Å². The van der Waals surface area contributed by atoms with E-state index in [1.165, 1.54) is 13.8 Å². The molecule has 4 nitrogen and oxygen atoms in total. The first-order valence-corrected chi connectivity index (χ1v) is 4.57. The molecule has 0 aromatic carbocycles. The minimum Gasteiger partial charge on any atom is -0.480 e. The summed E-state index contributed by atoms with van der Waals surface area (Å²) in [6.45, 7) is 2.59. The maximum atomic E-state index is 10.8. The molecule has 0 saturated heterocycles. The van der Waals surface area contributed by atoms with E-state index in [-0.39, 0.29) is 5.75 Å². The highest BCUT2D eigenvalue weighted by Crippen LogP contribution is 2.00. The second-order valence-electron chi connectivity index (χ2n) is 1.93. The summed E-state index contributed by atoms with van der Waals surface area (Å²) >= 11 is 0. The molecule has 0 fully saturated rings. The van der Waals surface area contributed by atoms with Crippen molar-refractivity contribution in [2.75, 3.05) is 5.75 Å². The molecule has 60 valence electrons. The SMILES string of the molecule is CCS(=O)(=O)[C@H](C)C(=O)O. The van der Waals surface area contributed by atoms with Crippen molar-refractivity contribution in [2.45, 2.75) is 19.1 Å². The van der Waals surface area contributed by atoms with Crippen LogP contribution in [-0.4, -0.2) is 30.5 Å². The van der Waals surface area contributed by atoms with Crippen LogP contribution in [0.25, 0.3) is 0 Å². The number of carbonyl (C=O) groups is 1. The molecule has 5 heteroatoms. The largest absolute Gasteiger partial charge is 0.480 e. The quantitative estimate of drug-likeness (QED) is 0.635. The molecule has 0 aliphatic rings. The van der Waals surface area contributed by atoms with Crippen LogP contribution in [-0.2, 0) is 14.6 Å². The third kappa shape index (κ3) is 1.98. The summed E-state index contributed by atoms with van der Waals surface area (Å²) in [4.78, 5) is 10.1. The van der Waals surface area contributed by atoms with E-state index in [9.17, 15) is 13.2 Å². The first-order chi connectivity index (χ1) is 4.41. The third-order valence-electron chi connectivity index (χ3n) is 1.29. The molecule has 0 aliphatic carbocycles. The van der Waals surface area contributed by atoms with Gasteiger partial charge in [-0.2, -0.15) is 0 Å². The van der Waals surface area contributed by atoms with Crippen molar-refractivity contribution in [2.24, 2.45) is 0 Å². The van der Waals surface area contributed by atoms with Gasteiger partial charge in [0.05, 0.1) is 0 Å². The van der Waals surface area contributed by atoms with Crippen molar-refractivity contribution in [3.63, 3.8) is 0 Å². The van der Waals surface area contributed by atoms with Gasteiger partial charge >= 0.3 is 5.97 Å². The number of sulfone groups is 1. The molecule has 0 amide bonds. The molecule has 0 aromatic rings. The van der Waals surface area contributed by atoms with E-state index in [0.29, 0.717) is 0 Å². The Kier molecular flexibility index (Phi) is 2.83. The topological polar surface area (TPSA) is 71.4 Å². The van der Waals surface area contributed by atoms with Gasteiger partial charge in [-0.1, -0.05) is 6.92 Å². The van der Waals surface area contributed by atoms with Gasteiger partial charge in [0.15, 0.2) is 15.1 Å². The van der Waals surface area contributed by atoms with Crippen molar-refractivity contribution >= 4 is 15.8 Å². The van der Waals surface area contributed by atoms with E-state index in [0.717, 1.165) is 0 Å². The summed E-state index contributed by atoms with van der Waals surface area (Å²) in [6.07, 6.45) is 0. The molecule has 0 rings (SSSR count). The fraction of sp³-hybridized carbons (Fsp3) is 0.800. The Morgan fingerprint density at radius 3 is 2.10 bits per heavy atom. The number of hydrogen-bond donors (Lipinski definition) is 1. The van der Waals surface area contributed by atoms with Gasteiger partial charge in [0.2, 0.25) is 0 Å². The smallest absolute Gasteiger partial charge is 0.321 e. The molecule has 0 bridgehead atoms. The first-order valence-electron chi connectivity index (χ1n) is 2.86. The number of carboxylic acid groups (broad SMARTS) is 1. The van der Waals surface area contributed by atoms with Gasteiger partial charge in [0, 0.05) is 5.75 Å². The summed E-state index contributed by atoms with van der Waals surface area (Å²) in [5.41, 5.74) is 0. The van der Waals surface area contributed by atoms with E-state index in [2.05, 4.69) is 0 Å². The van der Waals surface area contributed by atoms with Crippen LogP contribution in [0.5, 0.6) is 0 Å². The van der Waals surface area contributed by atoms with E-state index < -0.39 is 21.1 Å². The number of rotatable bonds is 3. The molecule has 0 aromatic heterocycles. The summed E-state index contributed by atoms with van der Waals surface area (Å²) in [5.74, 6) is -1.41. The van der Waals surface area contributed by atoms with Gasteiger partial charge in [-0.25, -0.2) is 8.42 Å². The highest BCUT2D eigenvalue weighted by Gasteiger charge is 2.24. The molecule has 0 radical (unpaired) electrons. The molecule has 10 heavy (non-hydrogen) atoms. The Labute approximate surface area is 59.8 Å². The predicted octanol–water partition coefficient (Wildman–Crippen LogP) is -0.106. The predicted molar refractivity (Wildman–Crippen MR) is 36.6 cm³/mol. The lowest BCUT2D eigenvalue weighted by Gasteiger charge is -2.03. The number of aliphatic carboxylic acids is 1. The van der Waals surface area contributed by atoms with Gasteiger partial charge in [0.25, 0.3) is 0 Å². The summed E-state index contributed by atoms with van der Waals surface area (Å²) in [7, 11) is -3.40. The van der Waals surface area contributed by atoms with E-state index in [1.54, 1.807) is 0 Å². The van der Waals surface area contributed by atoms with Gasteiger partial charge in [0.1, 0.15) is 0 Å². The van der Waals surface area contributed by atoms with Crippen molar-refractivity contribution in [3.8, 4) is 0 Å². The molecule has 1 N–H and O–H groups in total. The van der Waals surface area contributed by atoms with Crippen LogP contribution >= 0.6 is 0 Å². The van der Waals surface area contributed by atoms with Crippen molar-refractivity contribution < 1.29 is 18.3 Å². The summed E-state index contributed by atoms with van der Waals surface area (Å²) in [6, 6.07) is 0. The molecule has 0 aliphatic heterocycles. The third-order valence-corrected chi connectivity index (χ3v) is 3.37.